The van der Waals surface area contributed by atoms with Crippen molar-refractivity contribution in [2.75, 3.05) is 13.1 Å². The summed E-state index contributed by atoms with van der Waals surface area (Å²) in [6, 6.07) is 1.76. The molecule has 0 atom stereocenters. The fraction of sp³-hybridized carbons (Fsp3) is 0.250. The van der Waals surface area contributed by atoms with Crippen LogP contribution in [0, 0.1) is 12.7 Å². The fourth-order valence-corrected chi connectivity index (χ4v) is 3.82. The van der Waals surface area contributed by atoms with E-state index in [2.05, 4.69) is 0 Å². The van der Waals surface area contributed by atoms with Crippen LogP contribution >= 0.6 is 0 Å². The minimum Gasteiger partial charge on any atom is -0.480 e. The molecule has 0 aliphatic carbocycles. The molecule has 10 heteroatoms. The Labute approximate surface area is 124 Å². The van der Waals surface area contributed by atoms with Crippen molar-refractivity contribution in [3.05, 3.63) is 29.1 Å². The number of sulfonamides is 1. The summed E-state index contributed by atoms with van der Waals surface area (Å²) in [7, 11) is -4.27. The number of rotatable bonds is 4. The number of amides is 2. The van der Waals surface area contributed by atoms with E-state index in [9.17, 15) is 27.2 Å². The van der Waals surface area contributed by atoms with Gasteiger partial charge in [0.25, 0.3) is 15.9 Å². The molecular formula is C12H11FN2O6S. The first-order valence-corrected chi connectivity index (χ1v) is 7.44. The summed E-state index contributed by atoms with van der Waals surface area (Å²) in [5, 5.41) is 10.4. The third kappa shape index (κ3) is 2.64. The van der Waals surface area contributed by atoms with Gasteiger partial charge in [-0.1, -0.05) is 0 Å². The van der Waals surface area contributed by atoms with E-state index >= 15 is 0 Å². The van der Waals surface area contributed by atoms with Crippen molar-refractivity contribution in [2.45, 2.75) is 11.8 Å². The van der Waals surface area contributed by atoms with Gasteiger partial charge in [-0.15, -0.1) is 0 Å². The van der Waals surface area contributed by atoms with E-state index in [0.717, 1.165) is 12.1 Å². The fourth-order valence-electron chi connectivity index (χ4n) is 2.10. The van der Waals surface area contributed by atoms with Crippen LogP contribution in [-0.2, 0) is 19.6 Å². The molecule has 8 nitrogen and oxygen atoms in total. The van der Waals surface area contributed by atoms with Gasteiger partial charge in [0, 0.05) is 0 Å². The first-order valence-electron chi connectivity index (χ1n) is 6.00. The molecular weight excluding hydrogens is 319 g/mol. The van der Waals surface area contributed by atoms with Crippen molar-refractivity contribution < 1.29 is 32.3 Å². The number of carboxylic acids is 1. The maximum Gasteiger partial charge on any atom is 0.322 e. The van der Waals surface area contributed by atoms with Crippen molar-refractivity contribution in [1.82, 2.24) is 9.62 Å². The number of hydrogen-bond donors (Lipinski definition) is 2. The molecule has 1 aliphatic heterocycles. The van der Waals surface area contributed by atoms with Gasteiger partial charge in [-0.05, 0) is 24.6 Å². The molecule has 1 aromatic rings. The molecule has 0 unspecified atom stereocenters. The number of hydrogen-bond acceptors (Lipinski definition) is 5. The summed E-state index contributed by atoms with van der Waals surface area (Å²) in [6.45, 7) is -0.244. The Morgan fingerprint density at radius 1 is 1.36 bits per heavy atom. The van der Waals surface area contributed by atoms with Gasteiger partial charge in [0.05, 0.1) is 5.56 Å². The monoisotopic (exact) mass is 330 g/mol. The zero-order valence-corrected chi connectivity index (χ0v) is 12.1. The van der Waals surface area contributed by atoms with Crippen molar-refractivity contribution in [2.24, 2.45) is 0 Å². The lowest BCUT2D eigenvalue weighted by Gasteiger charge is -2.14. The smallest absolute Gasteiger partial charge is 0.322 e. The molecule has 0 saturated carbocycles. The highest BCUT2D eigenvalue weighted by atomic mass is 32.2. The average molecular weight is 330 g/mol. The topological polar surface area (TPSA) is 121 Å². The zero-order chi connectivity index (χ0) is 16.7. The zero-order valence-electron chi connectivity index (χ0n) is 11.3. The number of aliphatic carboxylic acids is 1. The molecule has 2 N–H and O–H groups in total. The average Bonchev–Trinajstić information content (AvgIpc) is 2.57. The third-order valence-electron chi connectivity index (χ3n) is 2.97. The van der Waals surface area contributed by atoms with Gasteiger partial charge < -0.3 is 10.4 Å². The van der Waals surface area contributed by atoms with E-state index < -0.39 is 46.7 Å². The number of fused-ring (bicyclic) bond motifs is 1. The molecule has 0 fully saturated rings. The van der Waals surface area contributed by atoms with Gasteiger partial charge in [0.15, 0.2) is 0 Å². The third-order valence-corrected chi connectivity index (χ3v) is 4.90. The van der Waals surface area contributed by atoms with Gasteiger partial charge in [-0.2, -0.15) is 0 Å². The van der Waals surface area contributed by atoms with Crippen LogP contribution in [0.5, 0.6) is 0 Å². The summed E-state index contributed by atoms with van der Waals surface area (Å²) in [5.74, 6) is -4.06. The number of nitrogens with one attached hydrogen (secondary N) is 1. The van der Waals surface area contributed by atoms with Crippen LogP contribution < -0.4 is 5.32 Å². The Morgan fingerprint density at radius 3 is 2.59 bits per heavy atom. The maximum absolute atomic E-state index is 13.3. The molecule has 0 bridgehead atoms. The van der Waals surface area contributed by atoms with Crippen LogP contribution in [-0.4, -0.2) is 48.7 Å². The Hall–Kier alpha value is -2.49. The van der Waals surface area contributed by atoms with Crippen molar-refractivity contribution in [3.63, 3.8) is 0 Å². The van der Waals surface area contributed by atoms with E-state index in [1.807, 2.05) is 5.32 Å². The number of benzene rings is 1. The summed E-state index contributed by atoms with van der Waals surface area (Å²) >= 11 is 0. The first kappa shape index (κ1) is 15.9. The van der Waals surface area contributed by atoms with Gasteiger partial charge in [0.2, 0.25) is 5.91 Å². The number of aryl methyl sites for hydroxylation is 1. The van der Waals surface area contributed by atoms with E-state index in [4.69, 9.17) is 5.11 Å². The summed E-state index contributed by atoms with van der Waals surface area (Å²) in [4.78, 5) is 33.6. The summed E-state index contributed by atoms with van der Waals surface area (Å²) in [6.07, 6.45) is 0. The molecule has 0 saturated heterocycles. The Balaban J connectivity index is 2.33. The standard InChI is InChI=1S/C12H11FN2O6S/c1-6-2-7(13)3-8-11(6)22(20,21)15(12(8)19)5-9(16)14-4-10(17)18/h2-3H,4-5H2,1H3,(H,14,16)(H,17,18). The Morgan fingerprint density at radius 2 is 2.00 bits per heavy atom. The Kier molecular flexibility index (Phi) is 3.88. The molecule has 0 spiro atoms. The second-order valence-corrected chi connectivity index (χ2v) is 6.39. The van der Waals surface area contributed by atoms with Crippen LogP contribution in [0.15, 0.2) is 17.0 Å². The number of carbonyl (C=O) groups excluding carboxylic acids is 2. The lowest BCUT2D eigenvalue weighted by Crippen LogP contribution is -2.41. The van der Waals surface area contributed by atoms with Crippen molar-refractivity contribution in [3.8, 4) is 0 Å². The lowest BCUT2D eigenvalue weighted by atomic mass is 10.1. The molecule has 0 radical (unpaired) electrons. The van der Waals surface area contributed by atoms with Crippen LogP contribution in [0.2, 0.25) is 0 Å². The number of halogens is 1. The van der Waals surface area contributed by atoms with Crippen LogP contribution in [0.25, 0.3) is 0 Å². The molecule has 22 heavy (non-hydrogen) atoms. The largest absolute Gasteiger partial charge is 0.480 e. The molecule has 1 heterocycles. The van der Waals surface area contributed by atoms with Gasteiger partial charge in [0.1, 0.15) is 23.8 Å². The van der Waals surface area contributed by atoms with Crippen LogP contribution in [0.4, 0.5) is 4.39 Å². The van der Waals surface area contributed by atoms with Crippen LogP contribution in [0.3, 0.4) is 0 Å². The number of carbonyl (C=O) groups is 3. The summed E-state index contributed by atoms with van der Waals surface area (Å²) < 4.78 is 38.2. The van der Waals surface area contributed by atoms with Crippen molar-refractivity contribution >= 4 is 27.8 Å². The number of nitrogens with zero attached hydrogens (tertiary/aromatic N) is 1. The van der Waals surface area contributed by atoms with E-state index in [1.165, 1.54) is 6.92 Å². The van der Waals surface area contributed by atoms with Crippen LogP contribution in [0.1, 0.15) is 15.9 Å². The SMILES string of the molecule is Cc1cc(F)cc2c1S(=O)(=O)N(CC(=O)NCC(=O)O)C2=O. The molecule has 2 amide bonds. The minimum absolute atomic E-state index is 0.0526. The molecule has 1 aliphatic rings. The molecule has 0 aromatic heterocycles. The van der Waals surface area contributed by atoms with Gasteiger partial charge in [-0.3, -0.25) is 14.4 Å². The minimum atomic E-state index is -4.27. The quantitative estimate of drug-likeness (QED) is 0.766. The molecule has 1 aromatic carbocycles. The second-order valence-electron chi connectivity index (χ2n) is 4.59. The lowest BCUT2D eigenvalue weighted by molar-refractivity contribution is -0.137. The number of carboxylic acid groups (broad SMARTS) is 1. The molecule has 2 rings (SSSR count). The van der Waals surface area contributed by atoms with Gasteiger partial charge in [-0.25, -0.2) is 17.1 Å². The van der Waals surface area contributed by atoms with Crippen molar-refractivity contribution in [1.29, 1.82) is 0 Å². The molecule has 118 valence electrons. The van der Waals surface area contributed by atoms with E-state index in [1.54, 1.807) is 0 Å². The first-order chi connectivity index (χ1) is 10.1. The summed E-state index contributed by atoms with van der Waals surface area (Å²) in [5.41, 5.74) is -0.291. The van der Waals surface area contributed by atoms with E-state index in [-0.39, 0.29) is 16.0 Å². The van der Waals surface area contributed by atoms with E-state index in [0.29, 0.717) is 4.31 Å². The highest BCUT2D eigenvalue weighted by Crippen LogP contribution is 2.33. The highest BCUT2D eigenvalue weighted by molar-refractivity contribution is 7.90. The predicted octanol–water partition coefficient (Wildman–Crippen LogP) is -0.521. The second kappa shape index (κ2) is 5.37. The highest BCUT2D eigenvalue weighted by Gasteiger charge is 2.43. The predicted molar refractivity (Wildman–Crippen MR) is 70.0 cm³/mol. The maximum atomic E-state index is 13.3. The van der Waals surface area contributed by atoms with Gasteiger partial charge >= 0.3 is 5.97 Å². The normalized spacial score (nSPS) is 15.5. The Bertz CT molecular complexity index is 789.